The summed E-state index contributed by atoms with van der Waals surface area (Å²) in [4.78, 5) is 23.1. The molecule has 0 aromatic heterocycles. The number of hydrogen-bond acceptors (Lipinski definition) is 3. The van der Waals surface area contributed by atoms with Crippen molar-refractivity contribution in [2.45, 2.75) is 0 Å². The lowest BCUT2D eigenvalue weighted by atomic mass is 10.1. The number of carbonyl (C=O) groups excluding carboxylic acids is 2. The van der Waals surface area contributed by atoms with Gasteiger partial charge in [-0.2, -0.15) is 0 Å². The molecule has 0 aliphatic heterocycles. The summed E-state index contributed by atoms with van der Waals surface area (Å²) in [5, 5.41) is 14.0. The van der Waals surface area contributed by atoms with E-state index in [0.29, 0.717) is 16.1 Å². The zero-order valence-electron chi connectivity index (χ0n) is 10.9. The molecule has 4 nitrogen and oxygen atoms in total. The number of benzene rings is 2. The summed E-state index contributed by atoms with van der Waals surface area (Å²) in [6.07, 6.45) is 1.31. The molecular weight excluding hydrogens is 290 g/mol. The van der Waals surface area contributed by atoms with E-state index in [1.54, 1.807) is 54.6 Å². The molecule has 106 valence electrons. The Hall–Kier alpha value is -2.59. The van der Waals surface area contributed by atoms with Crippen LogP contribution in [0.3, 0.4) is 0 Å². The SMILES string of the molecule is O=C([O-])C(=Cc1ccc(Cl)cc1)NC(=O)c1ccccc1. The van der Waals surface area contributed by atoms with Gasteiger partial charge in [-0.3, -0.25) is 4.79 Å². The molecule has 0 fully saturated rings. The minimum Gasteiger partial charge on any atom is -0.543 e. The molecule has 0 spiro atoms. The summed E-state index contributed by atoms with van der Waals surface area (Å²) < 4.78 is 0. The van der Waals surface area contributed by atoms with Crippen molar-refractivity contribution in [2.24, 2.45) is 0 Å². The summed E-state index contributed by atoms with van der Waals surface area (Å²) in [6, 6.07) is 14.8. The predicted octanol–water partition coefficient (Wildman–Crippen LogP) is 1.86. The third kappa shape index (κ3) is 4.19. The Morgan fingerprint density at radius 2 is 1.62 bits per heavy atom. The van der Waals surface area contributed by atoms with Crippen LogP contribution < -0.4 is 10.4 Å². The van der Waals surface area contributed by atoms with Crippen LogP contribution in [-0.4, -0.2) is 11.9 Å². The van der Waals surface area contributed by atoms with Gasteiger partial charge in [-0.25, -0.2) is 0 Å². The van der Waals surface area contributed by atoms with E-state index in [9.17, 15) is 14.7 Å². The van der Waals surface area contributed by atoms with Crippen molar-refractivity contribution in [3.63, 3.8) is 0 Å². The molecule has 0 unspecified atom stereocenters. The van der Waals surface area contributed by atoms with E-state index in [1.807, 2.05) is 0 Å². The maximum Gasteiger partial charge on any atom is 0.255 e. The fourth-order valence-corrected chi connectivity index (χ4v) is 1.78. The van der Waals surface area contributed by atoms with Crippen LogP contribution in [0.4, 0.5) is 0 Å². The molecule has 0 aliphatic rings. The Morgan fingerprint density at radius 1 is 1.00 bits per heavy atom. The Balaban J connectivity index is 2.22. The van der Waals surface area contributed by atoms with E-state index < -0.39 is 11.9 Å². The summed E-state index contributed by atoms with van der Waals surface area (Å²) >= 11 is 5.76. The first kappa shape index (κ1) is 14.8. The number of hydrogen-bond donors (Lipinski definition) is 1. The van der Waals surface area contributed by atoms with E-state index in [0.717, 1.165) is 0 Å². The number of halogens is 1. The van der Waals surface area contributed by atoms with Crippen LogP contribution in [0.25, 0.3) is 6.08 Å². The average Bonchev–Trinajstić information content (AvgIpc) is 2.49. The molecule has 2 aromatic carbocycles. The maximum atomic E-state index is 11.9. The van der Waals surface area contributed by atoms with Crippen molar-refractivity contribution in [3.8, 4) is 0 Å². The molecule has 0 atom stereocenters. The van der Waals surface area contributed by atoms with Crippen molar-refractivity contribution in [2.75, 3.05) is 0 Å². The maximum absolute atomic E-state index is 11.9. The fraction of sp³-hybridized carbons (Fsp3) is 0. The van der Waals surface area contributed by atoms with Gasteiger partial charge in [-0.05, 0) is 35.9 Å². The Kier molecular flexibility index (Phi) is 4.74. The van der Waals surface area contributed by atoms with Crippen molar-refractivity contribution in [3.05, 3.63) is 76.4 Å². The lowest BCUT2D eigenvalue weighted by Gasteiger charge is -2.11. The zero-order chi connectivity index (χ0) is 15.2. The molecule has 1 N–H and O–H groups in total. The smallest absolute Gasteiger partial charge is 0.255 e. The minimum atomic E-state index is -1.46. The molecule has 0 heterocycles. The third-order valence-electron chi connectivity index (χ3n) is 2.69. The number of carboxylic acid groups (broad SMARTS) is 1. The molecule has 0 saturated heterocycles. The lowest BCUT2D eigenvalue weighted by molar-refractivity contribution is -0.299. The highest BCUT2D eigenvalue weighted by Crippen LogP contribution is 2.12. The van der Waals surface area contributed by atoms with Gasteiger partial charge in [-0.1, -0.05) is 41.9 Å². The molecule has 0 aliphatic carbocycles. The van der Waals surface area contributed by atoms with E-state index in [4.69, 9.17) is 11.6 Å². The van der Waals surface area contributed by atoms with Gasteiger partial charge in [0.25, 0.3) is 5.91 Å². The minimum absolute atomic E-state index is 0.314. The first-order valence-electron chi connectivity index (χ1n) is 6.11. The van der Waals surface area contributed by atoms with Crippen LogP contribution in [0.15, 0.2) is 60.3 Å². The van der Waals surface area contributed by atoms with E-state index >= 15 is 0 Å². The lowest BCUT2D eigenvalue weighted by Crippen LogP contribution is -2.35. The van der Waals surface area contributed by atoms with Gasteiger partial charge in [0.05, 0.1) is 11.7 Å². The van der Waals surface area contributed by atoms with Crippen molar-refractivity contribution in [1.29, 1.82) is 0 Å². The highest BCUT2D eigenvalue weighted by Gasteiger charge is 2.08. The van der Waals surface area contributed by atoms with Gasteiger partial charge < -0.3 is 15.2 Å². The van der Waals surface area contributed by atoms with Gasteiger partial charge >= 0.3 is 0 Å². The largest absolute Gasteiger partial charge is 0.543 e. The number of carboxylic acids is 1. The van der Waals surface area contributed by atoms with Gasteiger partial charge in [0.2, 0.25) is 0 Å². The van der Waals surface area contributed by atoms with Crippen molar-refractivity contribution < 1.29 is 14.7 Å². The van der Waals surface area contributed by atoms with Gasteiger partial charge in [0.15, 0.2) is 0 Å². The zero-order valence-corrected chi connectivity index (χ0v) is 11.6. The highest BCUT2D eigenvalue weighted by molar-refractivity contribution is 6.30. The van der Waals surface area contributed by atoms with Crippen LogP contribution in [0.2, 0.25) is 5.02 Å². The molecule has 2 rings (SSSR count). The second kappa shape index (κ2) is 6.72. The first-order chi connectivity index (χ1) is 10.1. The quantitative estimate of drug-likeness (QED) is 0.876. The topological polar surface area (TPSA) is 69.2 Å². The third-order valence-corrected chi connectivity index (χ3v) is 2.94. The second-order valence-electron chi connectivity index (χ2n) is 4.22. The molecule has 0 bridgehead atoms. The molecule has 0 saturated carbocycles. The average molecular weight is 301 g/mol. The number of amides is 1. The van der Waals surface area contributed by atoms with Crippen molar-refractivity contribution in [1.82, 2.24) is 5.32 Å². The van der Waals surface area contributed by atoms with E-state index in [1.165, 1.54) is 6.08 Å². The molecule has 21 heavy (non-hydrogen) atoms. The normalized spacial score (nSPS) is 11.0. The molecule has 1 amide bonds. The predicted molar refractivity (Wildman–Crippen MR) is 78.3 cm³/mol. The first-order valence-corrected chi connectivity index (χ1v) is 6.49. The van der Waals surface area contributed by atoms with Gasteiger partial charge in [0, 0.05) is 10.6 Å². The van der Waals surface area contributed by atoms with Crippen LogP contribution in [0.1, 0.15) is 15.9 Å². The number of nitrogens with one attached hydrogen (secondary N) is 1. The van der Waals surface area contributed by atoms with Crippen LogP contribution >= 0.6 is 11.6 Å². The monoisotopic (exact) mass is 300 g/mol. The second-order valence-corrected chi connectivity index (χ2v) is 4.65. The summed E-state index contributed by atoms with van der Waals surface area (Å²) in [5.74, 6) is -1.98. The summed E-state index contributed by atoms with van der Waals surface area (Å²) in [6.45, 7) is 0. The van der Waals surface area contributed by atoms with Crippen molar-refractivity contribution >= 4 is 29.6 Å². The summed E-state index contributed by atoms with van der Waals surface area (Å²) in [7, 11) is 0. The van der Waals surface area contributed by atoms with Crippen LogP contribution in [0, 0.1) is 0 Å². The van der Waals surface area contributed by atoms with E-state index in [-0.39, 0.29) is 5.70 Å². The molecule has 2 aromatic rings. The Bertz CT molecular complexity index is 678. The van der Waals surface area contributed by atoms with Gasteiger partial charge in [-0.15, -0.1) is 0 Å². The van der Waals surface area contributed by atoms with E-state index in [2.05, 4.69) is 5.32 Å². The van der Waals surface area contributed by atoms with Crippen LogP contribution in [-0.2, 0) is 4.79 Å². The number of aliphatic carboxylic acids is 1. The number of carbonyl (C=O) groups is 2. The highest BCUT2D eigenvalue weighted by atomic mass is 35.5. The standard InChI is InChI=1S/C16H12ClNO3/c17-13-8-6-11(7-9-13)10-14(16(20)21)18-15(19)12-4-2-1-3-5-12/h1-10H,(H,18,19)(H,20,21)/p-1. The Morgan fingerprint density at radius 3 is 2.19 bits per heavy atom. The number of rotatable bonds is 4. The molecular formula is C16H11ClNO3-. The Labute approximate surface area is 126 Å². The molecule has 0 radical (unpaired) electrons. The summed E-state index contributed by atoms with van der Waals surface area (Å²) in [5.41, 5.74) is 0.638. The fourth-order valence-electron chi connectivity index (χ4n) is 1.66. The molecule has 5 heteroatoms. The van der Waals surface area contributed by atoms with Crippen LogP contribution in [0.5, 0.6) is 0 Å². The van der Waals surface area contributed by atoms with Gasteiger partial charge in [0.1, 0.15) is 0 Å².